The van der Waals surface area contributed by atoms with Gasteiger partial charge in [0.2, 0.25) is 0 Å². The number of carboxylic acids is 1. The van der Waals surface area contributed by atoms with Gasteiger partial charge >= 0.3 is 11.9 Å². The normalized spacial score (nSPS) is 29.9. The molecule has 0 radical (unpaired) electrons. The molecule has 2 aliphatic rings. The van der Waals surface area contributed by atoms with E-state index in [1.54, 1.807) is 19.1 Å². The highest BCUT2D eigenvalue weighted by Gasteiger charge is 2.46. The zero-order valence-corrected chi connectivity index (χ0v) is 25.2. The standard InChI is InChI=1S/C33H50O7/c1-7-8-9-27-19-21-33(40-30(27)16-12-24(3)22-31(35)36)20-18-26(5)29(39-33)15-11-23(2)10-14-28(34)25(4)13-17-32(37)38-6/h10-14,16-17,22,25-30,34H,7-9,15,18-21H2,1-6H3,(H,35,36)/t25-,26-,27-,28-,29+,30-,33-/m0/s1. The largest absolute Gasteiger partial charge is 0.478 e. The number of hydrogen-bond donors (Lipinski definition) is 2. The second-order valence-corrected chi connectivity index (χ2v) is 11.5. The number of carbonyl (C=O) groups is 2. The van der Waals surface area contributed by atoms with E-state index in [2.05, 4.69) is 24.7 Å². The lowest BCUT2D eigenvalue weighted by Crippen LogP contribution is -2.52. The van der Waals surface area contributed by atoms with Crippen LogP contribution < -0.4 is 0 Å². The number of aliphatic carboxylic acids is 1. The molecule has 1 spiro atoms. The summed E-state index contributed by atoms with van der Waals surface area (Å²) in [6.07, 6.45) is 20.9. The van der Waals surface area contributed by atoms with Crippen molar-refractivity contribution in [3.05, 3.63) is 59.8 Å². The molecule has 7 nitrogen and oxygen atoms in total. The molecular weight excluding hydrogens is 508 g/mol. The molecule has 7 atom stereocenters. The van der Waals surface area contributed by atoms with Gasteiger partial charge in [-0.2, -0.15) is 0 Å². The Bertz CT molecular complexity index is 975. The Morgan fingerprint density at radius 3 is 2.48 bits per heavy atom. The predicted molar refractivity (Wildman–Crippen MR) is 157 cm³/mol. The van der Waals surface area contributed by atoms with E-state index in [1.807, 2.05) is 32.1 Å². The summed E-state index contributed by atoms with van der Waals surface area (Å²) in [5.41, 5.74) is 1.72. The summed E-state index contributed by atoms with van der Waals surface area (Å²) < 4.78 is 18.1. The minimum Gasteiger partial charge on any atom is -0.478 e. The van der Waals surface area contributed by atoms with E-state index in [-0.39, 0.29) is 18.1 Å². The number of carbonyl (C=O) groups excluding carboxylic acids is 1. The quantitative estimate of drug-likeness (QED) is 0.147. The van der Waals surface area contributed by atoms with E-state index in [1.165, 1.54) is 19.3 Å². The van der Waals surface area contributed by atoms with Crippen molar-refractivity contribution in [2.45, 2.75) is 110 Å². The van der Waals surface area contributed by atoms with Crippen molar-refractivity contribution in [3.63, 3.8) is 0 Å². The average Bonchev–Trinajstić information content (AvgIpc) is 2.92. The predicted octanol–water partition coefficient (Wildman–Crippen LogP) is 6.69. The van der Waals surface area contributed by atoms with Gasteiger partial charge in [0, 0.05) is 30.9 Å². The van der Waals surface area contributed by atoms with Gasteiger partial charge in [-0.3, -0.25) is 0 Å². The number of hydrogen-bond acceptors (Lipinski definition) is 6. The van der Waals surface area contributed by atoms with Crippen LogP contribution in [-0.2, 0) is 23.8 Å². The molecule has 0 saturated carbocycles. The van der Waals surface area contributed by atoms with Crippen LogP contribution >= 0.6 is 0 Å². The van der Waals surface area contributed by atoms with Crippen molar-refractivity contribution in [1.82, 2.24) is 0 Å². The SMILES string of the molecule is CCCC[C@H]1CC[C@]2(CC[C@H](C)[C@@H](CC=C(C)C=C[C@H](O)[C@@H](C)C=CC(=O)OC)O2)O[C@H]1C=CC(C)=CC(=O)O. The molecule has 2 rings (SSSR count). The zero-order chi connectivity index (χ0) is 29.7. The first-order valence-corrected chi connectivity index (χ1v) is 14.7. The summed E-state index contributed by atoms with van der Waals surface area (Å²) in [5.74, 6) is -1.44. The van der Waals surface area contributed by atoms with E-state index >= 15 is 0 Å². The molecule has 0 aromatic rings. The minimum atomic E-state index is -0.948. The lowest BCUT2D eigenvalue weighted by Gasteiger charge is -2.49. The number of esters is 1. The number of methoxy groups -OCH3 is 1. The Labute approximate surface area is 240 Å². The summed E-state index contributed by atoms with van der Waals surface area (Å²) in [5, 5.41) is 19.5. The third-order valence-electron chi connectivity index (χ3n) is 8.03. The van der Waals surface area contributed by atoms with Gasteiger partial charge in [-0.05, 0) is 56.9 Å². The first-order valence-electron chi connectivity index (χ1n) is 14.7. The maximum atomic E-state index is 11.3. The third-order valence-corrected chi connectivity index (χ3v) is 8.03. The van der Waals surface area contributed by atoms with Gasteiger partial charge < -0.3 is 24.4 Å². The molecule has 0 unspecified atom stereocenters. The Morgan fingerprint density at radius 2 is 1.80 bits per heavy atom. The van der Waals surface area contributed by atoms with Gasteiger partial charge in [-0.1, -0.05) is 75.6 Å². The van der Waals surface area contributed by atoms with E-state index in [0.717, 1.165) is 56.9 Å². The number of aliphatic hydroxyl groups is 1. The fourth-order valence-corrected chi connectivity index (χ4v) is 5.28. The van der Waals surface area contributed by atoms with Gasteiger partial charge in [0.05, 0.1) is 25.4 Å². The molecule has 0 amide bonds. The molecule has 0 aliphatic carbocycles. The molecule has 224 valence electrons. The molecule has 7 heteroatoms. The third kappa shape index (κ3) is 11.2. The van der Waals surface area contributed by atoms with Crippen LogP contribution in [0.2, 0.25) is 0 Å². The van der Waals surface area contributed by atoms with Gasteiger partial charge in [0.1, 0.15) is 0 Å². The van der Waals surface area contributed by atoms with Crippen molar-refractivity contribution in [1.29, 1.82) is 0 Å². The Morgan fingerprint density at radius 1 is 1.07 bits per heavy atom. The van der Waals surface area contributed by atoms with Crippen molar-refractivity contribution in [2.75, 3.05) is 7.11 Å². The Hall–Kier alpha value is -2.48. The number of allylic oxidation sites excluding steroid dienone is 4. The Balaban J connectivity index is 2.07. The number of unbranched alkanes of at least 4 members (excludes halogenated alkanes) is 1. The highest BCUT2D eigenvalue weighted by atomic mass is 16.7. The topological polar surface area (TPSA) is 102 Å². The molecule has 0 aromatic heterocycles. The van der Waals surface area contributed by atoms with Crippen LogP contribution in [0.4, 0.5) is 0 Å². The molecular formula is C33H50O7. The van der Waals surface area contributed by atoms with Gasteiger partial charge in [-0.15, -0.1) is 0 Å². The number of aliphatic hydroxyl groups excluding tert-OH is 1. The monoisotopic (exact) mass is 558 g/mol. The second kappa shape index (κ2) is 16.7. The van der Waals surface area contributed by atoms with E-state index in [4.69, 9.17) is 14.6 Å². The van der Waals surface area contributed by atoms with Crippen LogP contribution in [0.3, 0.4) is 0 Å². The minimum absolute atomic E-state index is 0.0226. The van der Waals surface area contributed by atoms with Crippen LogP contribution in [0.5, 0.6) is 0 Å². The lowest BCUT2D eigenvalue weighted by molar-refractivity contribution is -0.324. The summed E-state index contributed by atoms with van der Waals surface area (Å²) in [6.45, 7) is 10.1. The summed E-state index contributed by atoms with van der Waals surface area (Å²) in [7, 11) is 1.32. The van der Waals surface area contributed by atoms with Crippen LogP contribution in [0.15, 0.2) is 59.8 Å². The van der Waals surface area contributed by atoms with E-state index in [9.17, 15) is 14.7 Å². The van der Waals surface area contributed by atoms with Gasteiger partial charge in [0.15, 0.2) is 5.79 Å². The maximum absolute atomic E-state index is 11.3. The molecule has 40 heavy (non-hydrogen) atoms. The Kier molecular flexibility index (Phi) is 14.1. The van der Waals surface area contributed by atoms with Crippen LogP contribution in [0.1, 0.15) is 86.0 Å². The van der Waals surface area contributed by atoms with Crippen molar-refractivity contribution in [3.8, 4) is 0 Å². The smallest absolute Gasteiger partial charge is 0.330 e. The molecule has 0 aromatic carbocycles. The first kappa shape index (κ1) is 33.7. The highest BCUT2D eigenvalue weighted by Crippen LogP contribution is 2.45. The fourth-order valence-electron chi connectivity index (χ4n) is 5.28. The van der Waals surface area contributed by atoms with Crippen molar-refractivity contribution < 1.29 is 34.0 Å². The average molecular weight is 559 g/mol. The lowest BCUT2D eigenvalue weighted by atomic mass is 9.81. The summed E-state index contributed by atoms with van der Waals surface area (Å²) >= 11 is 0. The van der Waals surface area contributed by atoms with Crippen LogP contribution in [0, 0.1) is 17.8 Å². The summed E-state index contributed by atoms with van der Waals surface area (Å²) in [6, 6.07) is 0. The molecule has 2 N–H and O–H groups in total. The molecule has 2 heterocycles. The fraction of sp³-hybridized carbons (Fsp3) is 0.636. The number of ether oxygens (including phenoxy) is 3. The first-order chi connectivity index (χ1) is 19.0. The maximum Gasteiger partial charge on any atom is 0.330 e. The molecule has 2 saturated heterocycles. The van der Waals surface area contributed by atoms with E-state index < -0.39 is 23.8 Å². The number of carboxylic acid groups (broad SMARTS) is 1. The molecule has 0 bridgehead atoms. The molecule has 2 fully saturated rings. The van der Waals surface area contributed by atoms with Gasteiger partial charge in [0.25, 0.3) is 0 Å². The highest BCUT2D eigenvalue weighted by molar-refractivity contribution is 5.81. The summed E-state index contributed by atoms with van der Waals surface area (Å²) in [4.78, 5) is 22.3. The van der Waals surface area contributed by atoms with Crippen molar-refractivity contribution in [2.24, 2.45) is 17.8 Å². The van der Waals surface area contributed by atoms with E-state index in [0.29, 0.717) is 17.4 Å². The van der Waals surface area contributed by atoms with Gasteiger partial charge in [-0.25, -0.2) is 9.59 Å². The number of rotatable bonds is 13. The van der Waals surface area contributed by atoms with Crippen molar-refractivity contribution >= 4 is 11.9 Å². The van der Waals surface area contributed by atoms with Crippen LogP contribution in [-0.4, -0.2) is 53.4 Å². The molecule has 2 aliphatic heterocycles. The van der Waals surface area contributed by atoms with Crippen LogP contribution in [0.25, 0.3) is 0 Å². The second-order valence-electron chi connectivity index (χ2n) is 11.5. The zero-order valence-electron chi connectivity index (χ0n) is 25.2.